The number of rotatable bonds is 2. The molecule has 4 nitrogen and oxygen atoms in total. The molecule has 0 radical (unpaired) electrons. The molecule has 2 aromatic carbocycles. The summed E-state index contributed by atoms with van der Waals surface area (Å²) in [7, 11) is 0. The van der Waals surface area contributed by atoms with Crippen LogP contribution in [0.5, 0.6) is 0 Å². The summed E-state index contributed by atoms with van der Waals surface area (Å²) in [6, 6.07) is 13.0. The van der Waals surface area contributed by atoms with Crippen LogP contribution in [0, 0.1) is 17.0 Å². The quantitative estimate of drug-likeness (QED) is 0.552. The van der Waals surface area contributed by atoms with Gasteiger partial charge in [0, 0.05) is 28.7 Å². The number of nitro groups is 1. The Balaban J connectivity index is 2.32. The van der Waals surface area contributed by atoms with Gasteiger partial charge in [-0.15, -0.1) is 0 Å². The molecule has 19 heavy (non-hydrogen) atoms. The lowest BCUT2D eigenvalue weighted by Gasteiger charge is -2.03. The lowest BCUT2D eigenvalue weighted by Crippen LogP contribution is -1.92. The van der Waals surface area contributed by atoms with Crippen LogP contribution in [0.3, 0.4) is 0 Å². The van der Waals surface area contributed by atoms with E-state index in [2.05, 4.69) is 4.98 Å². The Kier molecular flexibility index (Phi) is 2.56. The normalized spacial score (nSPS) is 10.8. The molecule has 1 N–H and O–H groups in total. The fraction of sp³-hybridized carbons (Fsp3) is 0.0667. The summed E-state index contributed by atoms with van der Waals surface area (Å²) in [5, 5.41) is 12.2. The highest BCUT2D eigenvalue weighted by atomic mass is 16.6. The van der Waals surface area contributed by atoms with Crippen molar-refractivity contribution in [1.82, 2.24) is 4.98 Å². The van der Waals surface area contributed by atoms with Gasteiger partial charge in [0.2, 0.25) is 0 Å². The number of hydrogen-bond donors (Lipinski definition) is 1. The van der Waals surface area contributed by atoms with E-state index in [1.165, 1.54) is 0 Å². The Hall–Kier alpha value is -2.62. The molecule has 0 atom stereocenters. The van der Waals surface area contributed by atoms with Gasteiger partial charge in [0.05, 0.1) is 10.5 Å². The fourth-order valence-electron chi connectivity index (χ4n) is 2.32. The van der Waals surface area contributed by atoms with Crippen molar-refractivity contribution < 1.29 is 4.92 Å². The van der Waals surface area contributed by atoms with E-state index < -0.39 is 0 Å². The van der Waals surface area contributed by atoms with Gasteiger partial charge in [0.1, 0.15) is 0 Å². The van der Waals surface area contributed by atoms with Gasteiger partial charge in [-0.05, 0) is 19.1 Å². The SMILES string of the molecule is Cc1ccc([N+](=O)[O-])c(-c2c[nH]c3ccccc23)c1. The van der Waals surface area contributed by atoms with Gasteiger partial charge in [-0.2, -0.15) is 0 Å². The molecule has 0 aliphatic rings. The third-order valence-corrected chi connectivity index (χ3v) is 3.23. The number of hydrogen-bond acceptors (Lipinski definition) is 2. The van der Waals surface area contributed by atoms with Crippen LogP contribution in [-0.4, -0.2) is 9.91 Å². The van der Waals surface area contributed by atoms with Crippen LogP contribution in [0.15, 0.2) is 48.7 Å². The highest BCUT2D eigenvalue weighted by Gasteiger charge is 2.17. The maximum absolute atomic E-state index is 11.2. The Morgan fingerprint density at radius 3 is 2.68 bits per heavy atom. The number of para-hydroxylation sites is 1. The second-order valence-electron chi connectivity index (χ2n) is 4.53. The number of H-pyrrole nitrogens is 1. The third-order valence-electron chi connectivity index (χ3n) is 3.23. The Morgan fingerprint density at radius 2 is 1.89 bits per heavy atom. The zero-order chi connectivity index (χ0) is 13.4. The summed E-state index contributed by atoms with van der Waals surface area (Å²) < 4.78 is 0. The van der Waals surface area contributed by atoms with Gasteiger partial charge in [-0.3, -0.25) is 10.1 Å². The van der Waals surface area contributed by atoms with Crippen molar-refractivity contribution in [3.05, 3.63) is 64.3 Å². The maximum atomic E-state index is 11.2. The maximum Gasteiger partial charge on any atom is 0.277 e. The van der Waals surface area contributed by atoms with Crippen molar-refractivity contribution in [3.8, 4) is 11.1 Å². The predicted molar refractivity (Wildman–Crippen MR) is 75.1 cm³/mol. The number of benzene rings is 2. The second kappa shape index (κ2) is 4.24. The molecule has 0 saturated carbocycles. The first kappa shape index (κ1) is 11.5. The molecule has 0 bridgehead atoms. The van der Waals surface area contributed by atoms with E-state index in [0.717, 1.165) is 22.0 Å². The largest absolute Gasteiger partial charge is 0.361 e. The second-order valence-corrected chi connectivity index (χ2v) is 4.53. The van der Waals surface area contributed by atoms with Crippen LogP contribution < -0.4 is 0 Å². The van der Waals surface area contributed by atoms with Gasteiger partial charge in [0.25, 0.3) is 5.69 Å². The molecular weight excluding hydrogens is 240 g/mol. The Morgan fingerprint density at radius 1 is 1.11 bits per heavy atom. The standard InChI is InChI=1S/C15H12N2O2/c1-10-6-7-15(17(18)19)12(8-10)13-9-16-14-5-3-2-4-11(13)14/h2-9,16H,1H3. The van der Waals surface area contributed by atoms with E-state index in [4.69, 9.17) is 0 Å². The number of aromatic nitrogens is 1. The smallest absolute Gasteiger partial charge is 0.277 e. The van der Waals surface area contributed by atoms with Gasteiger partial charge in [0.15, 0.2) is 0 Å². The molecule has 3 rings (SSSR count). The molecular formula is C15H12N2O2. The third kappa shape index (κ3) is 1.87. The molecule has 0 spiro atoms. The average Bonchev–Trinajstić information content (AvgIpc) is 2.82. The van der Waals surface area contributed by atoms with Crippen LogP contribution in [0.2, 0.25) is 0 Å². The summed E-state index contributed by atoms with van der Waals surface area (Å²) in [5.74, 6) is 0. The molecule has 94 valence electrons. The number of fused-ring (bicyclic) bond motifs is 1. The zero-order valence-corrected chi connectivity index (χ0v) is 10.4. The molecule has 0 aliphatic heterocycles. The first-order chi connectivity index (χ1) is 9.16. The van der Waals surface area contributed by atoms with E-state index >= 15 is 0 Å². The summed E-state index contributed by atoms with van der Waals surface area (Å²) in [6.45, 7) is 1.93. The molecule has 1 aromatic heterocycles. The first-order valence-corrected chi connectivity index (χ1v) is 5.98. The summed E-state index contributed by atoms with van der Waals surface area (Å²) in [6.07, 6.45) is 1.83. The van der Waals surface area contributed by atoms with Crippen LogP contribution in [-0.2, 0) is 0 Å². The molecule has 0 amide bonds. The summed E-state index contributed by atoms with van der Waals surface area (Å²) in [4.78, 5) is 14.0. The number of aryl methyl sites for hydroxylation is 1. The van der Waals surface area contributed by atoms with E-state index in [9.17, 15) is 10.1 Å². The van der Waals surface area contributed by atoms with Crippen molar-refractivity contribution in [2.24, 2.45) is 0 Å². The minimum atomic E-state index is -0.337. The van der Waals surface area contributed by atoms with Gasteiger partial charge < -0.3 is 4.98 Å². The molecule has 0 fully saturated rings. The van der Waals surface area contributed by atoms with Crippen molar-refractivity contribution in [3.63, 3.8) is 0 Å². The van der Waals surface area contributed by atoms with Gasteiger partial charge in [-0.1, -0.05) is 29.8 Å². The van der Waals surface area contributed by atoms with Crippen LogP contribution in [0.4, 0.5) is 5.69 Å². The number of nitrogens with one attached hydrogen (secondary N) is 1. The number of nitro benzene ring substituents is 1. The van der Waals surface area contributed by atoms with Crippen molar-refractivity contribution in [2.75, 3.05) is 0 Å². The summed E-state index contributed by atoms with van der Waals surface area (Å²) in [5.41, 5.74) is 3.64. The van der Waals surface area contributed by atoms with Gasteiger partial charge in [-0.25, -0.2) is 0 Å². The monoisotopic (exact) mass is 252 g/mol. The van der Waals surface area contributed by atoms with E-state index in [1.54, 1.807) is 12.1 Å². The van der Waals surface area contributed by atoms with Gasteiger partial charge >= 0.3 is 0 Å². The Labute approximate surface area is 109 Å². The lowest BCUT2D eigenvalue weighted by molar-refractivity contribution is -0.384. The average molecular weight is 252 g/mol. The minimum absolute atomic E-state index is 0.135. The highest BCUT2D eigenvalue weighted by Crippen LogP contribution is 2.35. The summed E-state index contributed by atoms with van der Waals surface area (Å²) >= 11 is 0. The molecule has 0 unspecified atom stereocenters. The number of nitrogens with zero attached hydrogens (tertiary/aromatic N) is 1. The fourth-order valence-corrected chi connectivity index (χ4v) is 2.32. The molecule has 0 saturated heterocycles. The van der Waals surface area contributed by atoms with E-state index in [0.29, 0.717) is 5.56 Å². The zero-order valence-electron chi connectivity index (χ0n) is 10.4. The lowest BCUT2D eigenvalue weighted by atomic mass is 10.0. The Bertz CT molecular complexity index is 775. The van der Waals surface area contributed by atoms with Crippen molar-refractivity contribution in [2.45, 2.75) is 6.92 Å². The number of aromatic amines is 1. The van der Waals surface area contributed by atoms with Crippen molar-refractivity contribution >= 4 is 16.6 Å². The molecule has 0 aliphatic carbocycles. The van der Waals surface area contributed by atoms with Crippen molar-refractivity contribution in [1.29, 1.82) is 0 Å². The first-order valence-electron chi connectivity index (χ1n) is 5.98. The van der Waals surface area contributed by atoms with Crippen LogP contribution in [0.1, 0.15) is 5.56 Å². The van der Waals surface area contributed by atoms with Crippen LogP contribution >= 0.6 is 0 Å². The topological polar surface area (TPSA) is 58.9 Å². The minimum Gasteiger partial charge on any atom is -0.361 e. The van der Waals surface area contributed by atoms with Crippen LogP contribution in [0.25, 0.3) is 22.0 Å². The molecule has 1 heterocycles. The predicted octanol–water partition coefficient (Wildman–Crippen LogP) is 4.05. The van der Waals surface area contributed by atoms with E-state index in [1.807, 2.05) is 43.5 Å². The molecule has 3 aromatic rings. The molecule has 4 heteroatoms. The van der Waals surface area contributed by atoms with E-state index in [-0.39, 0.29) is 10.6 Å². The highest BCUT2D eigenvalue weighted by molar-refractivity contribution is 5.97.